The average molecular weight is 217 g/mol. The number of hydrogen-bond donors (Lipinski definition) is 1. The maximum Gasteiger partial charge on any atom is 0.0466 e. The molecule has 1 fully saturated rings. The third-order valence-electron chi connectivity index (χ3n) is 2.51. The van der Waals surface area contributed by atoms with Gasteiger partial charge in [0, 0.05) is 25.0 Å². The number of rotatable bonds is 7. The van der Waals surface area contributed by atoms with Crippen LogP contribution in [0.3, 0.4) is 0 Å². The van der Waals surface area contributed by atoms with Crippen molar-refractivity contribution in [3.63, 3.8) is 0 Å². The van der Waals surface area contributed by atoms with Crippen LogP contribution in [-0.2, 0) is 4.74 Å². The second-order valence-corrected chi connectivity index (χ2v) is 4.92. The first kappa shape index (κ1) is 12.3. The van der Waals surface area contributed by atoms with Crippen LogP contribution in [0.1, 0.15) is 32.6 Å². The molecule has 0 bridgehead atoms. The molecule has 1 heterocycles. The highest BCUT2D eigenvalue weighted by atomic mass is 32.2. The van der Waals surface area contributed by atoms with Crippen LogP contribution in [0.4, 0.5) is 0 Å². The van der Waals surface area contributed by atoms with E-state index in [0.29, 0.717) is 0 Å². The van der Waals surface area contributed by atoms with Crippen LogP contribution in [-0.4, -0.2) is 37.3 Å². The van der Waals surface area contributed by atoms with E-state index in [1.54, 1.807) is 0 Å². The van der Waals surface area contributed by atoms with Gasteiger partial charge in [0.15, 0.2) is 0 Å². The first-order valence-electron chi connectivity index (χ1n) is 5.82. The summed E-state index contributed by atoms with van der Waals surface area (Å²) in [5.74, 6) is 2.67. The molecular formula is C11H23NOS. The minimum atomic E-state index is 0.779. The number of nitrogens with one attached hydrogen (secondary N) is 1. The van der Waals surface area contributed by atoms with E-state index in [1.807, 2.05) is 0 Å². The monoisotopic (exact) mass is 217 g/mol. The summed E-state index contributed by atoms with van der Waals surface area (Å²) in [5.41, 5.74) is 0. The van der Waals surface area contributed by atoms with E-state index >= 15 is 0 Å². The molecule has 1 aliphatic heterocycles. The fourth-order valence-electron chi connectivity index (χ4n) is 1.68. The van der Waals surface area contributed by atoms with E-state index in [-0.39, 0.29) is 0 Å². The molecule has 0 saturated carbocycles. The molecule has 1 unspecified atom stereocenters. The first-order valence-corrected chi connectivity index (χ1v) is 6.98. The molecular weight excluding hydrogens is 194 g/mol. The lowest BCUT2D eigenvalue weighted by atomic mass is 10.2. The topological polar surface area (TPSA) is 21.3 Å². The van der Waals surface area contributed by atoms with Crippen LogP contribution in [0.2, 0.25) is 0 Å². The summed E-state index contributed by atoms with van der Waals surface area (Å²) in [5, 5.41) is 3.62. The number of thioether (sulfide) groups is 1. The van der Waals surface area contributed by atoms with Crippen molar-refractivity contribution in [3.05, 3.63) is 0 Å². The van der Waals surface area contributed by atoms with Crippen LogP contribution in [0.25, 0.3) is 0 Å². The van der Waals surface area contributed by atoms with Gasteiger partial charge in [0.05, 0.1) is 0 Å². The van der Waals surface area contributed by atoms with Gasteiger partial charge in [0.1, 0.15) is 0 Å². The van der Waals surface area contributed by atoms with Gasteiger partial charge in [0.2, 0.25) is 0 Å². The smallest absolute Gasteiger partial charge is 0.0466 e. The molecule has 0 amide bonds. The van der Waals surface area contributed by atoms with Crippen LogP contribution < -0.4 is 5.32 Å². The molecule has 3 heteroatoms. The van der Waals surface area contributed by atoms with Gasteiger partial charge in [-0.3, -0.25) is 0 Å². The highest BCUT2D eigenvalue weighted by Gasteiger charge is 2.11. The lowest BCUT2D eigenvalue weighted by Crippen LogP contribution is -2.34. The van der Waals surface area contributed by atoms with Crippen molar-refractivity contribution >= 4 is 11.8 Å². The van der Waals surface area contributed by atoms with Crippen molar-refractivity contribution in [1.29, 1.82) is 0 Å². The van der Waals surface area contributed by atoms with Crippen LogP contribution in [0.5, 0.6) is 0 Å². The van der Waals surface area contributed by atoms with Crippen molar-refractivity contribution in [2.24, 2.45) is 0 Å². The first-order chi connectivity index (χ1) is 6.93. The number of ether oxygens (including phenoxy) is 1. The van der Waals surface area contributed by atoms with Crippen molar-refractivity contribution in [2.45, 2.75) is 38.6 Å². The molecule has 0 radical (unpaired) electrons. The molecule has 1 rings (SSSR count). The Morgan fingerprint density at radius 2 is 2.36 bits per heavy atom. The summed E-state index contributed by atoms with van der Waals surface area (Å²) in [4.78, 5) is 0. The zero-order valence-electron chi connectivity index (χ0n) is 9.26. The van der Waals surface area contributed by atoms with E-state index in [0.717, 1.165) is 25.8 Å². The van der Waals surface area contributed by atoms with Gasteiger partial charge < -0.3 is 10.1 Å². The Hall–Kier alpha value is 0.270. The van der Waals surface area contributed by atoms with Gasteiger partial charge in [-0.15, -0.1) is 0 Å². The summed E-state index contributed by atoms with van der Waals surface area (Å²) >= 11 is 2.09. The summed E-state index contributed by atoms with van der Waals surface area (Å²) in [6.07, 6.45) is 5.21. The van der Waals surface area contributed by atoms with Crippen LogP contribution in [0.15, 0.2) is 0 Å². The van der Waals surface area contributed by atoms with Crippen molar-refractivity contribution in [3.8, 4) is 0 Å². The quantitative estimate of drug-likeness (QED) is 0.661. The van der Waals surface area contributed by atoms with E-state index < -0.39 is 0 Å². The van der Waals surface area contributed by atoms with Crippen molar-refractivity contribution in [2.75, 3.05) is 31.3 Å². The fourth-order valence-corrected chi connectivity index (χ4v) is 2.79. The Kier molecular flexibility index (Phi) is 7.55. The van der Waals surface area contributed by atoms with Crippen molar-refractivity contribution in [1.82, 2.24) is 5.32 Å². The SMILES string of the molecule is CCOCCCCNC1CCCSC1. The molecule has 84 valence electrons. The molecule has 0 aromatic carbocycles. The molecule has 0 aromatic rings. The molecule has 2 nitrogen and oxygen atoms in total. The Morgan fingerprint density at radius 1 is 1.43 bits per heavy atom. The Morgan fingerprint density at radius 3 is 3.07 bits per heavy atom. The minimum Gasteiger partial charge on any atom is -0.382 e. The van der Waals surface area contributed by atoms with Crippen molar-refractivity contribution < 1.29 is 4.74 Å². The van der Waals surface area contributed by atoms with Gasteiger partial charge in [-0.1, -0.05) is 0 Å². The Bertz CT molecular complexity index is 126. The maximum atomic E-state index is 5.29. The van der Waals surface area contributed by atoms with Gasteiger partial charge in [-0.2, -0.15) is 11.8 Å². The van der Waals surface area contributed by atoms with E-state index in [1.165, 1.54) is 37.2 Å². The molecule has 0 spiro atoms. The highest BCUT2D eigenvalue weighted by Crippen LogP contribution is 2.16. The average Bonchev–Trinajstić information content (AvgIpc) is 2.25. The molecule has 1 N–H and O–H groups in total. The van der Waals surface area contributed by atoms with Gasteiger partial charge in [0.25, 0.3) is 0 Å². The molecule has 1 atom stereocenters. The normalized spacial score (nSPS) is 22.5. The highest BCUT2D eigenvalue weighted by molar-refractivity contribution is 7.99. The lowest BCUT2D eigenvalue weighted by Gasteiger charge is -2.22. The van der Waals surface area contributed by atoms with E-state index in [2.05, 4.69) is 24.0 Å². The zero-order chi connectivity index (χ0) is 10.1. The molecule has 1 saturated heterocycles. The number of unbranched alkanes of at least 4 members (excludes halogenated alkanes) is 1. The summed E-state index contributed by atoms with van der Waals surface area (Å²) in [6, 6.07) is 0.779. The standard InChI is InChI=1S/C11H23NOS/c1-2-13-8-4-3-7-12-11-6-5-9-14-10-11/h11-12H,2-10H2,1H3. The fraction of sp³-hybridized carbons (Fsp3) is 1.00. The van der Waals surface area contributed by atoms with Gasteiger partial charge in [-0.25, -0.2) is 0 Å². The van der Waals surface area contributed by atoms with Gasteiger partial charge in [-0.05, 0) is 44.9 Å². The third kappa shape index (κ3) is 5.89. The Labute approximate surface area is 92.2 Å². The molecule has 0 aromatic heterocycles. The third-order valence-corrected chi connectivity index (χ3v) is 3.73. The predicted molar refractivity (Wildman–Crippen MR) is 64.1 cm³/mol. The Balaban J connectivity index is 1.82. The van der Waals surface area contributed by atoms with Crippen LogP contribution >= 0.6 is 11.8 Å². The number of hydrogen-bond acceptors (Lipinski definition) is 3. The van der Waals surface area contributed by atoms with E-state index in [9.17, 15) is 0 Å². The molecule has 14 heavy (non-hydrogen) atoms. The second kappa shape index (κ2) is 8.57. The lowest BCUT2D eigenvalue weighted by molar-refractivity contribution is 0.143. The molecule has 1 aliphatic rings. The summed E-state index contributed by atoms with van der Waals surface area (Å²) < 4.78 is 5.29. The summed E-state index contributed by atoms with van der Waals surface area (Å²) in [6.45, 7) is 5.00. The van der Waals surface area contributed by atoms with E-state index in [4.69, 9.17) is 4.74 Å². The minimum absolute atomic E-state index is 0.779. The largest absolute Gasteiger partial charge is 0.382 e. The maximum absolute atomic E-state index is 5.29. The zero-order valence-corrected chi connectivity index (χ0v) is 10.1. The van der Waals surface area contributed by atoms with Crippen LogP contribution in [0, 0.1) is 0 Å². The van der Waals surface area contributed by atoms with Gasteiger partial charge >= 0.3 is 0 Å². The second-order valence-electron chi connectivity index (χ2n) is 3.77. The summed E-state index contributed by atoms with van der Waals surface area (Å²) in [7, 11) is 0. The predicted octanol–water partition coefficient (Wildman–Crippen LogP) is 2.29. The molecule has 0 aliphatic carbocycles.